The number of aliphatic carboxylic acids is 1. The van der Waals surface area contributed by atoms with E-state index in [0.29, 0.717) is 12.5 Å². The van der Waals surface area contributed by atoms with E-state index in [1.165, 1.54) is 25.7 Å². The van der Waals surface area contributed by atoms with Crippen LogP contribution in [-0.2, 0) is 9.53 Å². The van der Waals surface area contributed by atoms with E-state index in [1.54, 1.807) is 6.92 Å². The third kappa shape index (κ3) is 3.15. The van der Waals surface area contributed by atoms with Gasteiger partial charge in [0.15, 0.2) is 0 Å². The number of nitrogens with one attached hydrogen (secondary N) is 2. The van der Waals surface area contributed by atoms with Gasteiger partial charge < -0.3 is 20.5 Å². The van der Waals surface area contributed by atoms with Gasteiger partial charge in [0.25, 0.3) is 0 Å². The van der Waals surface area contributed by atoms with Gasteiger partial charge in [-0.1, -0.05) is 0 Å². The Morgan fingerprint density at radius 2 is 1.90 bits per heavy atom. The fraction of sp³-hybridized carbons (Fsp3) is 0.867. The molecule has 6 nitrogen and oxygen atoms in total. The van der Waals surface area contributed by atoms with Crippen LogP contribution in [0.5, 0.6) is 0 Å². The van der Waals surface area contributed by atoms with Crippen molar-refractivity contribution in [1.82, 2.24) is 10.6 Å². The number of hydrogen-bond acceptors (Lipinski definition) is 3. The molecule has 118 valence electrons. The van der Waals surface area contributed by atoms with Crippen LogP contribution in [0, 0.1) is 23.2 Å². The van der Waals surface area contributed by atoms with Gasteiger partial charge in [0.2, 0.25) is 0 Å². The molecule has 1 saturated heterocycles. The summed E-state index contributed by atoms with van der Waals surface area (Å²) >= 11 is 0. The number of amides is 2. The third-order valence-electron chi connectivity index (χ3n) is 5.20. The van der Waals surface area contributed by atoms with Crippen molar-refractivity contribution in [2.45, 2.75) is 38.6 Å². The lowest BCUT2D eigenvalue weighted by Gasteiger charge is -2.26. The Morgan fingerprint density at radius 3 is 2.43 bits per heavy atom. The highest BCUT2D eigenvalue weighted by atomic mass is 16.5. The molecule has 1 aliphatic heterocycles. The third-order valence-corrected chi connectivity index (χ3v) is 5.20. The molecular weight excluding hydrogens is 272 g/mol. The molecule has 2 amide bonds. The first-order valence-electron chi connectivity index (χ1n) is 7.86. The van der Waals surface area contributed by atoms with Gasteiger partial charge in [0.05, 0.1) is 19.3 Å². The fourth-order valence-electron chi connectivity index (χ4n) is 3.27. The van der Waals surface area contributed by atoms with Crippen LogP contribution in [0.1, 0.15) is 32.6 Å². The quantitative estimate of drug-likeness (QED) is 0.687. The van der Waals surface area contributed by atoms with Crippen molar-refractivity contribution in [2.24, 2.45) is 23.2 Å². The number of carboxylic acids is 1. The van der Waals surface area contributed by atoms with E-state index in [9.17, 15) is 14.7 Å². The molecule has 0 spiro atoms. The Morgan fingerprint density at radius 1 is 1.29 bits per heavy atom. The number of hydrogen-bond donors (Lipinski definition) is 3. The minimum Gasteiger partial charge on any atom is -0.481 e. The zero-order chi connectivity index (χ0) is 15.0. The molecule has 3 rings (SSSR count). The van der Waals surface area contributed by atoms with Crippen LogP contribution >= 0.6 is 0 Å². The number of carbonyl (C=O) groups excluding carboxylic acids is 1. The van der Waals surface area contributed by atoms with E-state index in [0.717, 1.165) is 11.8 Å². The predicted octanol–water partition coefficient (Wildman–Crippen LogP) is 1.21. The largest absolute Gasteiger partial charge is 0.481 e. The minimum atomic E-state index is -1.04. The van der Waals surface area contributed by atoms with Gasteiger partial charge >= 0.3 is 12.0 Å². The van der Waals surface area contributed by atoms with Gasteiger partial charge in [-0.3, -0.25) is 4.79 Å². The first kappa shape index (κ1) is 14.6. The lowest BCUT2D eigenvalue weighted by atomic mass is 9.85. The zero-order valence-corrected chi connectivity index (χ0v) is 12.4. The molecule has 0 bridgehead atoms. The van der Waals surface area contributed by atoms with Gasteiger partial charge in [-0.25, -0.2) is 4.79 Å². The summed E-state index contributed by atoms with van der Waals surface area (Å²) in [5.74, 6) is 1.26. The Hall–Kier alpha value is -1.30. The smallest absolute Gasteiger partial charge is 0.315 e. The van der Waals surface area contributed by atoms with Crippen LogP contribution < -0.4 is 10.6 Å². The van der Waals surface area contributed by atoms with Crippen molar-refractivity contribution in [3.63, 3.8) is 0 Å². The number of carbonyl (C=O) groups is 2. The van der Waals surface area contributed by atoms with Crippen molar-refractivity contribution in [2.75, 3.05) is 19.8 Å². The maximum Gasteiger partial charge on any atom is 0.315 e. The Bertz CT molecular complexity index is 421. The summed E-state index contributed by atoms with van der Waals surface area (Å²) in [6.45, 7) is 2.72. The molecule has 0 aromatic rings. The molecule has 1 heterocycles. The van der Waals surface area contributed by atoms with E-state index in [2.05, 4.69) is 10.6 Å². The molecule has 0 aromatic carbocycles. The standard InChI is InChI=1S/C15H24N2O4/c1-15(13(18)19)8-21-7-12(15)17-14(20)16-6-11(9-2-3-9)10-4-5-10/h9-12H,2-8H2,1H3,(H,18,19)(H2,16,17,20). The Balaban J connectivity index is 1.48. The number of urea groups is 1. The fourth-order valence-corrected chi connectivity index (χ4v) is 3.27. The second-order valence-electron chi connectivity index (χ2n) is 6.98. The SMILES string of the molecule is CC1(C(=O)O)COCC1NC(=O)NCC(C1CC1)C1CC1. The molecule has 3 fully saturated rings. The molecule has 2 atom stereocenters. The molecule has 3 aliphatic rings. The van der Waals surface area contributed by atoms with Gasteiger partial charge in [-0.05, 0) is 50.4 Å². The molecular formula is C15H24N2O4. The minimum absolute atomic E-state index is 0.139. The molecule has 2 saturated carbocycles. The van der Waals surface area contributed by atoms with E-state index in [4.69, 9.17) is 4.74 Å². The van der Waals surface area contributed by atoms with Gasteiger partial charge in [-0.2, -0.15) is 0 Å². The van der Waals surface area contributed by atoms with E-state index in [1.807, 2.05) is 0 Å². The molecule has 0 radical (unpaired) electrons. The second-order valence-corrected chi connectivity index (χ2v) is 6.98. The average molecular weight is 296 g/mol. The van der Waals surface area contributed by atoms with Crippen LogP contribution in [0.3, 0.4) is 0 Å². The Labute approximate surface area is 124 Å². The van der Waals surface area contributed by atoms with Crippen LogP contribution in [0.2, 0.25) is 0 Å². The Kier molecular flexibility index (Phi) is 3.82. The molecule has 3 N–H and O–H groups in total. The monoisotopic (exact) mass is 296 g/mol. The predicted molar refractivity (Wildman–Crippen MR) is 75.8 cm³/mol. The highest BCUT2D eigenvalue weighted by Gasteiger charge is 2.47. The number of rotatable bonds is 6. The first-order chi connectivity index (χ1) is 10.0. The van der Waals surface area contributed by atoms with E-state index < -0.39 is 17.4 Å². The van der Waals surface area contributed by atoms with Crippen molar-refractivity contribution in [3.8, 4) is 0 Å². The van der Waals surface area contributed by atoms with Crippen LogP contribution in [0.4, 0.5) is 4.79 Å². The van der Waals surface area contributed by atoms with Crippen LogP contribution in [0.15, 0.2) is 0 Å². The van der Waals surface area contributed by atoms with Crippen LogP contribution in [0.25, 0.3) is 0 Å². The van der Waals surface area contributed by atoms with Crippen LogP contribution in [-0.4, -0.2) is 42.9 Å². The summed E-state index contributed by atoms with van der Waals surface area (Å²) in [6.07, 6.45) is 5.16. The summed E-state index contributed by atoms with van der Waals surface area (Å²) in [5, 5.41) is 15.0. The molecule has 0 aromatic heterocycles. The van der Waals surface area contributed by atoms with Crippen molar-refractivity contribution >= 4 is 12.0 Å². The van der Waals surface area contributed by atoms with Crippen molar-refractivity contribution < 1.29 is 19.4 Å². The maximum atomic E-state index is 12.0. The lowest BCUT2D eigenvalue weighted by molar-refractivity contribution is -0.148. The van der Waals surface area contributed by atoms with Gasteiger partial charge in [0, 0.05) is 6.54 Å². The van der Waals surface area contributed by atoms with Crippen molar-refractivity contribution in [1.29, 1.82) is 0 Å². The van der Waals surface area contributed by atoms with Gasteiger partial charge in [0.1, 0.15) is 5.41 Å². The molecule has 21 heavy (non-hydrogen) atoms. The zero-order valence-electron chi connectivity index (χ0n) is 12.4. The summed E-state index contributed by atoms with van der Waals surface area (Å²) in [5.41, 5.74) is -1.04. The van der Waals surface area contributed by atoms with E-state index >= 15 is 0 Å². The van der Waals surface area contributed by atoms with Gasteiger partial charge in [-0.15, -0.1) is 0 Å². The number of ether oxygens (including phenoxy) is 1. The first-order valence-corrected chi connectivity index (χ1v) is 7.86. The summed E-state index contributed by atoms with van der Waals surface area (Å²) in [7, 11) is 0. The summed E-state index contributed by atoms with van der Waals surface area (Å²) in [4.78, 5) is 23.4. The molecule has 2 aliphatic carbocycles. The maximum absolute atomic E-state index is 12.0. The topological polar surface area (TPSA) is 87.7 Å². The second kappa shape index (κ2) is 5.48. The molecule has 6 heteroatoms. The lowest BCUT2D eigenvalue weighted by Crippen LogP contribution is -2.53. The van der Waals surface area contributed by atoms with E-state index in [-0.39, 0.29) is 19.2 Å². The van der Waals surface area contributed by atoms with Crippen molar-refractivity contribution in [3.05, 3.63) is 0 Å². The highest BCUT2D eigenvalue weighted by molar-refractivity contribution is 5.79. The highest BCUT2D eigenvalue weighted by Crippen LogP contribution is 2.48. The average Bonchev–Trinajstić information content (AvgIpc) is 3.32. The number of carboxylic acid groups (broad SMARTS) is 1. The normalized spacial score (nSPS) is 32.2. The summed E-state index contributed by atoms with van der Waals surface area (Å²) < 4.78 is 5.23. The molecule has 2 unspecified atom stereocenters. The summed E-state index contributed by atoms with van der Waals surface area (Å²) in [6, 6.07) is -0.750.